The Hall–Kier alpha value is -3.65. The SMILES string of the molecule is Nc1ccc(F)cc1NC(=O)c1ccc(C2(c3nc(-c4cnccn4)cs3)CC2)cc1. The molecule has 2 aromatic heterocycles. The molecule has 6 nitrogen and oxygen atoms in total. The normalized spacial score (nSPS) is 14.2. The van der Waals surface area contributed by atoms with E-state index in [1.54, 1.807) is 42.1 Å². The van der Waals surface area contributed by atoms with Crippen LogP contribution in [0.2, 0.25) is 0 Å². The first-order chi connectivity index (χ1) is 15.0. The van der Waals surface area contributed by atoms with E-state index in [1.165, 1.54) is 18.2 Å². The molecule has 0 bridgehead atoms. The van der Waals surface area contributed by atoms with Gasteiger partial charge in [-0.15, -0.1) is 11.3 Å². The maximum Gasteiger partial charge on any atom is 0.255 e. The number of aromatic nitrogens is 3. The van der Waals surface area contributed by atoms with Crippen LogP contribution in [0.3, 0.4) is 0 Å². The third-order valence-corrected chi connectivity index (χ3v) is 6.50. The fraction of sp³-hybridized carbons (Fsp3) is 0.130. The quantitative estimate of drug-likeness (QED) is 0.449. The highest BCUT2D eigenvalue weighted by Crippen LogP contribution is 2.54. The van der Waals surface area contributed by atoms with Crippen molar-refractivity contribution < 1.29 is 9.18 Å². The molecule has 2 aromatic carbocycles. The van der Waals surface area contributed by atoms with Gasteiger partial charge in [0.2, 0.25) is 0 Å². The lowest BCUT2D eigenvalue weighted by Crippen LogP contribution is -2.14. The van der Waals surface area contributed by atoms with Crippen LogP contribution in [-0.2, 0) is 5.41 Å². The number of carbonyl (C=O) groups is 1. The molecular weight excluding hydrogens is 413 g/mol. The first kappa shape index (κ1) is 19.3. The Labute approximate surface area is 182 Å². The summed E-state index contributed by atoms with van der Waals surface area (Å²) in [5.41, 5.74) is 9.44. The number of hydrogen-bond acceptors (Lipinski definition) is 6. The van der Waals surface area contributed by atoms with Gasteiger partial charge in [0.15, 0.2) is 0 Å². The minimum Gasteiger partial charge on any atom is -0.397 e. The van der Waals surface area contributed by atoms with Crippen LogP contribution in [-0.4, -0.2) is 20.9 Å². The average Bonchev–Trinajstić information content (AvgIpc) is 3.46. The van der Waals surface area contributed by atoms with Gasteiger partial charge in [-0.2, -0.15) is 0 Å². The van der Waals surface area contributed by atoms with Gasteiger partial charge in [-0.3, -0.25) is 14.8 Å². The van der Waals surface area contributed by atoms with Gasteiger partial charge in [0.25, 0.3) is 5.91 Å². The average molecular weight is 431 g/mol. The minimum atomic E-state index is -0.458. The Morgan fingerprint density at radius 2 is 1.90 bits per heavy atom. The molecular formula is C23H18FN5OS. The van der Waals surface area contributed by atoms with Gasteiger partial charge in [-0.25, -0.2) is 9.37 Å². The zero-order valence-corrected chi connectivity index (χ0v) is 17.2. The van der Waals surface area contributed by atoms with Gasteiger partial charge in [0.1, 0.15) is 22.2 Å². The second-order valence-corrected chi connectivity index (χ2v) is 8.33. The summed E-state index contributed by atoms with van der Waals surface area (Å²) < 4.78 is 13.4. The molecule has 4 aromatic rings. The molecule has 8 heteroatoms. The summed E-state index contributed by atoms with van der Waals surface area (Å²) in [7, 11) is 0. The first-order valence-corrected chi connectivity index (χ1v) is 10.6. The van der Waals surface area contributed by atoms with Gasteiger partial charge >= 0.3 is 0 Å². The first-order valence-electron chi connectivity index (χ1n) is 9.74. The number of halogens is 1. The maximum atomic E-state index is 13.4. The zero-order chi connectivity index (χ0) is 21.4. The molecule has 0 radical (unpaired) electrons. The third kappa shape index (κ3) is 3.66. The Kier molecular flexibility index (Phi) is 4.71. The maximum absolute atomic E-state index is 13.4. The van der Waals surface area contributed by atoms with Crippen LogP contribution in [0.15, 0.2) is 66.4 Å². The number of benzene rings is 2. The molecule has 3 N–H and O–H groups in total. The van der Waals surface area contributed by atoms with Crippen molar-refractivity contribution in [2.24, 2.45) is 0 Å². The van der Waals surface area contributed by atoms with Gasteiger partial charge in [0, 0.05) is 28.8 Å². The summed E-state index contributed by atoms with van der Waals surface area (Å²) in [6.07, 6.45) is 7.01. The molecule has 5 rings (SSSR count). The zero-order valence-electron chi connectivity index (χ0n) is 16.4. The lowest BCUT2D eigenvalue weighted by Gasteiger charge is -2.14. The fourth-order valence-corrected chi connectivity index (χ4v) is 4.66. The smallest absolute Gasteiger partial charge is 0.255 e. The van der Waals surface area contributed by atoms with E-state index in [-0.39, 0.29) is 17.0 Å². The largest absolute Gasteiger partial charge is 0.397 e. The molecule has 154 valence electrons. The standard InChI is InChI=1S/C23H18FN5OS/c24-16-5-6-17(25)18(11-16)28-21(30)14-1-3-15(4-2-14)23(7-8-23)22-29-20(13-31-22)19-12-26-9-10-27-19/h1-6,9-13H,7-8,25H2,(H,28,30). The highest BCUT2D eigenvalue weighted by molar-refractivity contribution is 7.10. The van der Waals surface area contributed by atoms with Crippen LogP contribution in [0.4, 0.5) is 15.8 Å². The van der Waals surface area contributed by atoms with E-state index in [4.69, 9.17) is 10.7 Å². The van der Waals surface area contributed by atoms with E-state index in [0.29, 0.717) is 11.3 Å². The second-order valence-electron chi connectivity index (χ2n) is 7.47. The Morgan fingerprint density at radius 3 is 2.61 bits per heavy atom. The van der Waals surface area contributed by atoms with Gasteiger partial charge in [0.05, 0.1) is 17.6 Å². The van der Waals surface area contributed by atoms with Crippen LogP contribution in [0.25, 0.3) is 11.4 Å². The number of anilines is 2. The van der Waals surface area contributed by atoms with Crippen LogP contribution < -0.4 is 11.1 Å². The van der Waals surface area contributed by atoms with Gasteiger partial charge in [-0.05, 0) is 48.7 Å². The predicted octanol–water partition coefficient (Wildman–Crippen LogP) is 4.65. The monoisotopic (exact) mass is 431 g/mol. The van der Waals surface area contributed by atoms with Gasteiger partial charge in [-0.1, -0.05) is 12.1 Å². The van der Waals surface area contributed by atoms with E-state index in [2.05, 4.69) is 15.3 Å². The van der Waals surface area contributed by atoms with Gasteiger partial charge < -0.3 is 11.1 Å². The van der Waals surface area contributed by atoms with Crippen LogP contribution in [0.5, 0.6) is 0 Å². The summed E-state index contributed by atoms with van der Waals surface area (Å²) in [6.45, 7) is 0. The summed E-state index contributed by atoms with van der Waals surface area (Å²) in [4.78, 5) is 25.8. The number of hydrogen-bond donors (Lipinski definition) is 2. The minimum absolute atomic E-state index is 0.118. The van der Waals surface area contributed by atoms with Crippen molar-refractivity contribution in [3.8, 4) is 11.4 Å². The van der Waals surface area contributed by atoms with Crippen LogP contribution in [0.1, 0.15) is 33.8 Å². The summed E-state index contributed by atoms with van der Waals surface area (Å²) in [5.74, 6) is -0.798. The molecule has 2 heterocycles. The van der Waals surface area contributed by atoms with E-state index in [0.717, 1.165) is 34.8 Å². The molecule has 1 saturated carbocycles. The number of carbonyl (C=O) groups excluding carboxylic acids is 1. The summed E-state index contributed by atoms with van der Waals surface area (Å²) in [5, 5.41) is 5.71. The molecule has 1 fully saturated rings. The van der Waals surface area contributed by atoms with Crippen molar-refractivity contribution in [3.05, 3.63) is 88.4 Å². The Balaban J connectivity index is 1.36. The predicted molar refractivity (Wildman–Crippen MR) is 118 cm³/mol. The summed E-state index contributed by atoms with van der Waals surface area (Å²) in [6, 6.07) is 11.4. The number of thiazole rings is 1. The molecule has 0 unspecified atom stereocenters. The lowest BCUT2D eigenvalue weighted by atomic mass is 9.95. The van der Waals surface area contributed by atoms with Crippen molar-refractivity contribution >= 4 is 28.6 Å². The Morgan fingerprint density at radius 1 is 1.10 bits per heavy atom. The molecule has 1 aliphatic carbocycles. The molecule has 1 amide bonds. The second kappa shape index (κ2) is 7.55. The molecule has 0 aliphatic heterocycles. The number of nitrogens with one attached hydrogen (secondary N) is 1. The third-order valence-electron chi connectivity index (χ3n) is 5.45. The van der Waals surface area contributed by atoms with Crippen molar-refractivity contribution in [2.75, 3.05) is 11.1 Å². The highest BCUT2D eigenvalue weighted by Gasteiger charge is 2.48. The van der Waals surface area contributed by atoms with E-state index < -0.39 is 5.82 Å². The van der Waals surface area contributed by atoms with E-state index in [1.807, 2.05) is 17.5 Å². The number of nitrogens with zero attached hydrogens (tertiary/aromatic N) is 3. The molecule has 31 heavy (non-hydrogen) atoms. The molecule has 0 atom stereocenters. The molecule has 0 spiro atoms. The van der Waals surface area contributed by atoms with Crippen molar-refractivity contribution in [1.29, 1.82) is 0 Å². The highest BCUT2D eigenvalue weighted by atomic mass is 32.1. The number of nitrogens with two attached hydrogens (primary N) is 1. The molecule has 1 aliphatic rings. The molecule has 0 saturated heterocycles. The van der Waals surface area contributed by atoms with Crippen LogP contribution in [0, 0.1) is 5.82 Å². The number of nitrogen functional groups attached to an aromatic ring is 1. The van der Waals surface area contributed by atoms with Crippen molar-refractivity contribution in [3.63, 3.8) is 0 Å². The van der Waals surface area contributed by atoms with Crippen molar-refractivity contribution in [1.82, 2.24) is 15.0 Å². The van der Waals surface area contributed by atoms with Crippen LogP contribution >= 0.6 is 11.3 Å². The van der Waals surface area contributed by atoms with Crippen molar-refractivity contribution in [2.45, 2.75) is 18.3 Å². The fourth-order valence-electron chi connectivity index (χ4n) is 3.57. The van der Waals surface area contributed by atoms with E-state index in [9.17, 15) is 9.18 Å². The lowest BCUT2D eigenvalue weighted by molar-refractivity contribution is 0.102. The van der Waals surface area contributed by atoms with E-state index >= 15 is 0 Å². The Bertz CT molecular complexity index is 1250. The topological polar surface area (TPSA) is 93.8 Å². The number of amides is 1. The summed E-state index contributed by atoms with van der Waals surface area (Å²) >= 11 is 1.62. The number of rotatable bonds is 5.